The third kappa shape index (κ3) is 6.43. The SMILES string of the molecule is CC(C)(C)OC(=O)NCCCOc1ccc(C(=O)O)cc1F. The molecule has 2 N–H and O–H groups in total. The van der Waals surface area contributed by atoms with Gasteiger partial charge in [-0.05, 0) is 45.4 Å². The maximum atomic E-state index is 13.6. The van der Waals surface area contributed by atoms with Crippen molar-refractivity contribution in [3.8, 4) is 5.75 Å². The fourth-order valence-corrected chi connectivity index (χ4v) is 1.51. The van der Waals surface area contributed by atoms with Crippen LogP contribution in [0.4, 0.5) is 9.18 Å². The second-order valence-electron chi connectivity index (χ2n) is 5.58. The van der Waals surface area contributed by atoms with Crippen molar-refractivity contribution in [2.75, 3.05) is 13.2 Å². The number of carboxylic acids is 1. The number of carboxylic acid groups (broad SMARTS) is 1. The van der Waals surface area contributed by atoms with Gasteiger partial charge in [-0.25, -0.2) is 14.0 Å². The zero-order valence-corrected chi connectivity index (χ0v) is 12.8. The number of hydrogen-bond donors (Lipinski definition) is 2. The number of aromatic carboxylic acids is 1. The van der Waals surface area contributed by atoms with Crippen molar-refractivity contribution >= 4 is 12.1 Å². The van der Waals surface area contributed by atoms with Crippen molar-refractivity contribution in [2.45, 2.75) is 32.8 Å². The Bertz CT molecular complexity index is 539. The molecule has 0 bridgehead atoms. The van der Waals surface area contributed by atoms with Crippen LogP contribution in [-0.4, -0.2) is 35.9 Å². The molecule has 0 aliphatic rings. The maximum absolute atomic E-state index is 13.6. The molecule has 1 rings (SSSR count). The lowest BCUT2D eigenvalue weighted by molar-refractivity contribution is 0.0525. The number of nitrogens with one attached hydrogen (secondary N) is 1. The van der Waals surface area contributed by atoms with Crippen molar-refractivity contribution in [2.24, 2.45) is 0 Å². The highest BCUT2D eigenvalue weighted by molar-refractivity contribution is 5.87. The summed E-state index contributed by atoms with van der Waals surface area (Å²) in [6.07, 6.45) is -0.0659. The number of carbonyl (C=O) groups excluding carboxylic acids is 1. The number of hydrogen-bond acceptors (Lipinski definition) is 4. The number of rotatable bonds is 6. The summed E-state index contributed by atoms with van der Waals surface area (Å²) in [4.78, 5) is 22.0. The lowest BCUT2D eigenvalue weighted by Gasteiger charge is -2.19. The van der Waals surface area contributed by atoms with Gasteiger partial charge in [0, 0.05) is 6.54 Å². The first-order valence-corrected chi connectivity index (χ1v) is 6.81. The van der Waals surface area contributed by atoms with Crippen LogP contribution in [0.1, 0.15) is 37.6 Å². The normalized spacial score (nSPS) is 10.9. The van der Waals surface area contributed by atoms with Crippen molar-refractivity contribution in [1.29, 1.82) is 0 Å². The molecule has 0 unspecified atom stereocenters. The topological polar surface area (TPSA) is 84.9 Å². The Balaban J connectivity index is 2.31. The lowest BCUT2D eigenvalue weighted by atomic mass is 10.2. The minimum atomic E-state index is -1.20. The molecule has 0 radical (unpaired) electrons. The first-order valence-electron chi connectivity index (χ1n) is 6.81. The summed E-state index contributed by atoms with van der Waals surface area (Å²) in [6.45, 7) is 5.79. The summed E-state index contributed by atoms with van der Waals surface area (Å²) in [5, 5.41) is 11.3. The standard InChI is InChI=1S/C15H20FNO5/c1-15(2,3)22-14(20)17-7-4-8-21-12-6-5-10(13(18)19)9-11(12)16/h5-6,9H,4,7-8H2,1-3H3,(H,17,20)(H,18,19). The molecule has 0 aliphatic heterocycles. The molecule has 1 aromatic rings. The van der Waals surface area contributed by atoms with E-state index in [4.69, 9.17) is 14.6 Å². The number of carbonyl (C=O) groups is 2. The molecule has 122 valence electrons. The Labute approximate surface area is 128 Å². The van der Waals surface area contributed by atoms with Gasteiger partial charge in [-0.1, -0.05) is 0 Å². The van der Waals surface area contributed by atoms with Crippen LogP contribution in [0.3, 0.4) is 0 Å². The Hall–Kier alpha value is -2.31. The molecule has 7 heteroatoms. The van der Waals surface area contributed by atoms with Crippen LogP contribution in [0, 0.1) is 5.82 Å². The van der Waals surface area contributed by atoms with Crippen molar-refractivity contribution in [3.05, 3.63) is 29.6 Å². The first kappa shape index (κ1) is 17.7. The number of ether oxygens (including phenoxy) is 2. The maximum Gasteiger partial charge on any atom is 0.407 e. The van der Waals surface area contributed by atoms with Gasteiger partial charge >= 0.3 is 12.1 Å². The Kier molecular flexibility index (Phi) is 6.15. The third-order valence-corrected chi connectivity index (χ3v) is 2.43. The van der Waals surface area contributed by atoms with E-state index in [-0.39, 0.29) is 17.9 Å². The zero-order chi connectivity index (χ0) is 16.8. The quantitative estimate of drug-likeness (QED) is 0.789. The summed E-state index contributed by atoms with van der Waals surface area (Å²) in [7, 11) is 0. The molecule has 0 aromatic heterocycles. The third-order valence-electron chi connectivity index (χ3n) is 2.43. The van der Waals surface area contributed by atoms with Gasteiger partial charge in [0.25, 0.3) is 0 Å². The fourth-order valence-electron chi connectivity index (χ4n) is 1.51. The average molecular weight is 313 g/mol. The smallest absolute Gasteiger partial charge is 0.407 e. The summed E-state index contributed by atoms with van der Waals surface area (Å²) < 4.78 is 23.8. The molecule has 0 aliphatic carbocycles. The van der Waals surface area contributed by atoms with Gasteiger partial charge in [-0.2, -0.15) is 0 Å². The van der Waals surface area contributed by atoms with E-state index in [2.05, 4.69) is 5.32 Å². The van der Waals surface area contributed by atoms with Gasteiger partial charge in [-0.3, -0.25) is 0 Å². The van der Waals surface area contributed by atoms with Crippen molar-refractivity contribution in [3.63, 3.8) is 0 Å². The monoisotopic (exact) mass is 313 g/mol. The number of alkyl carbamates (subject to hydrolysis) is 1. The lowest BCUT2D eigenvalue weighted by Crippen LogP contribution is -2.33. The van der Waals surface area contributed by atoms with E-state index in [1.165, 1.54) is 12.1 Å². The van der Waals surface area contributed by atoms with Crippen LogP contribution >= 0.6 is 0 Å². The molecular formula is C15H20FNO5. The van der Waals surface area contributed by atoms with Crippen molar-refractivity contribution < 1.29 is 28.6 Å². The van der Waals surface area contributed by atoms with Gasteiger partial charge in [0.1, 0.15) is 5.60 Å². The molecule has 0 saturated heterocycles. The summed E-state index contributed by atoms with van der Waals surface area (Å²) in [5.41, 5.74) is -0.702. The Morgan fingerprint density at radius 3 is 2.55 bits per heavy atom. The zero-order valence-electron chi connectivity index (χ0n) is 12.8. The van der Waals surface area contributed by atoms with Gasteiger partial charge < -0.3 is 19.9 Å². The summed E-state index contributed by atoms with van der Waals surface area (Å²) in [5.74, 6) is -1.96. The van der Waals surface area contributed by atoms with E-state index in [1.54, 1.807) is 20.8 Å². The van der Waals surface area contributed by atoms with E-state index in [0.717, 1.165) is 6.07 Å². The molecule has 1 amide bonds. The molecular weight excluding hydrogens is 293 g/mol. The highest BCUT2D eigenvalue weighted by Crippen LogP contribution is 2.18. The van der Waals surface area contributed by atoms with Gasteiger partial charge in [-0.15, -0.1) is 0 Å². The average Bonchev–Trinajstić information content (AvgIpc) is 2.37. The fraction of sp³-hybridized carbons (Fsp3) is 0.467. The van der Waals surface area contributed by atoms with Crippen LogP contribution < -0.4 is 10.1 Å². The van der Waals surface area contributed by atoms with Crippen LogP contribution in [0.15, 0.2) is 18.2 Å². The van der Waals surface area contributed by atoms with E-state index < -0.39 is 23.5 Å². The second kappa shape index (κ2) is 7.63. The van der Waals surface area contributed by atoms with Crippen molar-refractivity contribution in [1.82, 2.24) is 5.32 Å². The molecule has 0 fully saturated rings. The first-order chi connectivity index (χ1) is 10.2. The van der Waals surface area contributed by atoms with Gasteiger partial charge in [0.15, 0.2) is 11.6 Å². The minimum absolute atomic E-state index is 0.0257. The highest BCUT2D eigenvalue weighted by atomic mass is 19.1. The Morgan fingerprint density at radius 1 is 1.32 bits per heavy atom. The van der Waals surface area contributed by atoms with Crippen LogP contribution in [0.5, 0.6) is 5.75 Å². The molecule has 1 aromatic carbocycles. The van der Waals surface area contributed by atoms with Crippen LogP contribution in [0.25, 0.3) is 0 Å². The highest BCUT2D eigenvalue weighted by Gasteiger charge is 2.15. The number of amides is 1. The largest absolute Gasteiger partial charge is 0.490 e. The molecule has 0 atom stereocenters. The van der Waals surface area contributed by atoms with Gasteiger partial charge in [0.2, 0.25) is 0 Å². The van der Waals surface area contributed by atoms with E-state index in [1.807, 2.05) is 0 Å². The molecule has 0 spiro atoms. The minimum Gasteiger partial charge on any atom is -0.490 e. The number of benzene rings is 1. The van der Waals surface area contributed by atoms with Gasteiger partial charge in [0.05, 0.1) is 12.2 Å². The summed E-state index contributed by atoms with van der Waals surface area (Å²) in [6, 6.07) is 3.43. The summed E-state index contributed by atoms with van der Waals surface area (Å²) >= 11 is 0. The Morgan fingerprint density at radius 2 is 2.00 bits per heavy atom. The second-order valence-corrected chi connectivity index (χ2v) is 5.58. The van der Waals surface area contributed by atoms with E-state index >= 15 is 0 Å². The van der Waals surface area contributed by atoms with E-state index in [9.17, 15) is 14.0 Å². The van der Waals surface area contributed by atoms with Crippen LogP contribution in [0.2, 0.25) is 0 Å². The predicted octanol–water partition coefficient (Wildman–Crippen LogP) is 2.82. The van der Waals surface area contributed by atoms with E-state index in [0.29, 0.717) is 13.0 Å². The predicted molar refractivity (Wildman–Crippen MR) is 77.7 cm³/mol. The number of halogens is 1. The molecule has 22 heavy (non-hydrogen) atoms. The molecule has 0 heterocycles. The molecule has 0 saturated carbocycles. The van der Waals surface area contributed by atoms with Crippen LogP contribution in [-0.2, 0) is 4.74 Å². The molecule has 6 nitrogen and oxygen atoms in total.